The Labute approximate surface area is 152 Å². The molecular formula is C19H22ClN5. The van der Waals surface area contributed by atoms with Crippen molar-refractivity contribution in [1.29, 1.82) is 0 Å². The maximum Gasteiger partial charge on any atom is 0.191 e. The molecule has 0 radical (unpaired) electrons. The number of rotatable bonds is 5. The lowest BCUT2D eigenvalue weighted by Crippen LogP contribution is -2.37. The second-order valence-electron chi connectivity index (χ2n) is 5.75. The Balaban J connectivity index is 1.70. The van der Waals surface area contributed by atoms with Gasteiger partial charge in [-0.3, -0.25) is 0 Å². The van der Waals surface area contributed by atoms with Crippen LogP contribution in [0.3, 0.4) is 0 Å². The summed E-state index contributed by atoms with van der Waals surface area (Å²) in [6.07, 6.45) is 0. The predicted octanol–water partition coefficient (Wildman–Crippen LogP) is 3.48. The van der Waals surface area contributed by atoms with Crippen LogP contribution in [0.2, 0.25) is 5.02 Å². The van der Waals surface area contributed by atoms with Crippen molar-refractivity contribution in [1.82, 2.24) is 20.2 Å². The molecule has 2 aromatic carbocycles. The highest BCUT2D eigenvalue weighted by Gasteiger charge is 2.07. The number of guanidine groups is 1. The lowest BCUT2D eigenvalue weighted by Gasteiger charge is -2.11. The van der Waals surface area contributed by atoms with E-state index >= 15 is 0 Å². The van der Waals surface area contributed by atoms with Gasteiger partial charge in [-0.15, -0.1) is 0 Å². The molecule has 0 aliphatic rings. The van der Waals surface area contributed by atoms with Gasteiger partial charge < -0.3 is 15.2 Å². The minimum absolute atomic E-state index is 0.568. The Kier molecular flexibility index (Phi) is 5.56. The fraction of sp³-hybridized carbons (Fsp3) is 0.263. The van der Waals surface area contributed by atoms with Gasteiger partial charge in [0.05, 0.1) is 24.1 Å². The Hall–Kier alpha value is -2.53. The van der Waals surface area contributed by atoms with Gasteiger partial charge in [0.2, 0.25) is 0 Å². The van der Waals surface area contributed by atoms with Crippen LogP contribution in [0.1, 0.15) is 18.3 Å². The molecule has 0 unspecified atom stereocenters. The molecule has 0 saturated carbocycles. The molecule has 0 spiro atoms. The monoisotopic (exact) mass is 355 g/mol. The van der Waals surface area contributed by atoms with Gasteiger partial charge in [-0.1, -0.05) is 35.9 Å². The second-order valence-corrected chi connectivity index (χ2v) is 6.19. The van der Waals surface area contributed by atoms with Crippen molar-refractivity contribution in [3.8, 4) is 0 Å². The number of fused-ring (bicyclic) bond motifs is 1. The van der Waals surface area contributed by atoms with Gasteiger partial charge in [-0.25, -0.2) is 9.98 Å². The summed E-state index contributed by atoms with van der Waals surface area (Å²) in [5.41, 5.74) is 3.20. The average molecular weight is 356 g/mol. The third-order valence-corrected chi connectivity index (χ3v) is 4.18. The molecule has 0 saturated heterocycles. The van der Waals surface area contributed by atoms with E-state index in [1.807, 2.05) is 56.4 Å². The number of aliphatic imine (C=N–C) groups is 1. The Morgan fingerprint density at radius 3 is 2.76 bits per heavy atom. The Morgan fingerprint density at radius 2 is 2.00 bits per heavy atom. The number of halogens is 1. The van der Waals surface area contributed by atoms with Gasteiger partial charge in [-0.2, -0.15) is 0 Å². The van der Waals surface area contributed by atoms with E-state index in [9.17, 15) is 0 Å². The Bertz CT molecular complexity index is 884. The molecule has 0 aliphatic heterocycles. The number of imidazole rings is 1. The zero-order valence-electron chi connectivity index (χ0n) is 14.5. The molecule has 1 aromatic heterocycles. The molecular weight excluding hydrogens is 334 g/mol. The minimum Gasteiger partial charge on any atom is -0.357 e. The zero-order chi connectivity index (χ0) is 17.6. The molecule has 25 heavy (non-hydrogen) atoms. The molecule has 0 fully saturated rings. The minimum atomic E-state index is 0.568. The first-order valence-electron chi connectivity index (χ1n) is 8.34. The number of hydrogen-bond donors (Lipinski definition) is 2. The number of nitrogens with zero attached hydrogens (tertiary/aromatic N) is 3. The van der Waals surface area contributed by atoms with E-state index in [0.717, 1.165) is 39.9 Å². The van der Waals surface area contributed by atoms with E-state index in [4.69, 9.17) is 11.6 Å². The number of benzene rings is 2. The summed E-state index contributed by atoms with van der Waals surface area (Å²) in [7, 11) is 2.03. The fourth-order valence-corrected chi connectivity index (χ4v) is 2.88. The third-order valence-electron chi connectivity index (χ3n) is 3.95. The molecule has 5 nitrogen and oxygen atoms in total. The predicted molar refractivity (Wildman–Crippen MR) is 104 cm³/mol. The van der Waals surface area contributed by atoms with Crippen LogP contribution in [-0.4, -0.2) is 22.1 Å². The maximum absolute atomic E-state index is 6.03. The van der Waals surface area contributed by atoms with Crippen LogP contribution in [0.25, 0.3) is 11.0 Å². The molecule has 0 bridgehead atoms. The first-order chi connectivity index (χ1) is 12.2. The SMILES string of the molecule is CCNC(=NCc1cccc(Cl)c1)NCc1nc2ccccc2n1C. The quantitative estimate of drug-likeness (QED) is 0.544. The number of hydrogen-bond acceptors (Lipinski definition) is 2. The molecule has 130 valence electrons. The number of aryl methyl sites for hydroxylation is 1. The van der Waals surface area contributed by atoms with Gasteiger partial charge in [0, 0.05) is 18.6 Å². The van der Waals surface area contributed by atoms with Gasteiger partial charge in [0.25, 0.3) is 0 Å². The molecule has 0 aliphatic carbocycles. The van der Waals surface area contributed by atoms with Crippen molar-refractivity contribution in [2.45, 2.75) is 20.0 Å². The highest BCUT2D eigenvalue weighted by atomic mass is 35.5. The van der Waals surface area contributed by atoms with E-state index in [1.165, 1.54) is 0 Å². The number of para-hydroxylation sites is 2. The molecule has 3 aromatic rings. The summed E-state index contributed by atoms with van der Waals surface area (Å²) in [6, 6.07) is 15.9. The van der Waals surface area contributed by atoms with Crippen LogP contribution in [0.4, 0.5) is 0 Å². The van der Waals surface area contributed by atoms with Gasteiger partial charge in [0.15, 0.2) is 5.96 Å². The van der Waals surface area contributed by atoms with Crippen molar-refractivity contribution in [3.05, 3.63) is 64.9 Å². The topological polar surface area (TPSA) is 54.2 Å². The zero-order valence-corrected chi connectivity index (χ0v) is 15.2. The van der Waals surface area contributed by atoms with Crippen molar-refractivity contribution in [3.63, 3.8) is 0 Å². The van der Waals surface area contributed by atoms with Crippen LogP contribution in [0.5, 0.6) is 0 Å². The second kappa shape index (κ2) is 8.03. The molecule has 6 heteroatoms. The van der Waals surface area contributed by atoms with E-state index in [0.29, 0.717) is 13.1 Å². The first kappa shape index (κ1) is 17.3. The summed E-state index contributed by atoms with van der Waals surface area (Å²) < 4.78 is 2.10. The first-order valence-corrected chi connectivity index (χ1v) is 8.72. The summed E-state index contributed by atoms with van der Waals surface area (Å²) in [5, 5.41) is 7.33. The van der Waals surface area contributed by atoms with Gasteiger partial charge >= 0.3 is 0 Å². The third kappa shape index (κ3) is 4.31. The number of nitrogens with one attached hydrogen (secondary N) is 2. The van der Waals surface area contributed by atoms with Crippen molar-refractivity contribution >= 4 is 28.6 Å². The van der Waals surface area contributed by atoms with E-state index in [2.05, 4.69) is 31.2 Å². The average Bonchev–Trinajstić information content (AvgIpc) is 2.94. The number of aromatic nitrogens is 2. The smallest absolute Gasteiger partial charge is 0.191 e. The summed E-state index contributed by atoms with van der Waals surface area (Å²) in [5.74, 6) is 1.73. The van der Waals surface area contributed by atoms with E-state index in [1.54, 1.807) is 0 Å². The van der Waals surface area contributed by atoms with Crippen molar-refractivity contribution in [2.24, 2.45) is 12.0 Å². The van der Waals surface area contributed by atoms with Crippen LogP contribution in [0.15, 0.2) is 53.5 Å². The lowest BCUT2D eigenvalue weighted by molar-refractivity contribution is 0.738. The summed E-state index contributed by atoms with van der Waals surface area (Å²) >= 11 is 6.03. The molecule has 2 N–H and O–H groups in total. The normalized spacial score (nSPS) is 11.7. The van der Waals surface area contributed by atoms with Crippen molar-refractivity contribution in [2.75, 3.05) is 6.54 Å². The van der Waals surface area contributed by atoms with Gasteiger partial charge in [-0.05, 0) is 36.8 Å². The maximum atomic E-state index is 6.03. The van der Waals surface area contributed by atoms with Crippen LogP contribution in [-0.2, 0) is 20.1 Å². The van der Waals surface area contributed by atoms with Gasteiger partial charge in [0.1, 0.15) is 5.82 Å². The molecule has 0 atom stereocenters. The molecule has 0 amide bonds. The summed E-state index contributed by atoms with van der Waals surface area (Å²) in [4.78, 5) is 9.30. The highest BCUT2D eigenvalue weighted by molar-refractivity contribution is 6.30. The fourth-order valence-electron chi connectivity index (χ4n) is 2.66. The molecule has 1 heterocycles. The molecule has 3 rings (SSSR count). The van der Waals surface area contributed by atoms with Crippen molar-refractivity contribution < 1.29 is 0 Å². The lowest BCUT2D eigenvalue weighted by atomic mass is 10.2. The highest BCUT2D eigenvalue weighted by Crippen LogP contribution is 2.14. The van der Waals surface area contributed by atoms with E-state index < -0.39 is 0 Å². The van der Waals surface area contributed by atoms with E-state index in [-0.39, 0.29) is 0 Å². The Morgan fingerprint density at radius 1 is 1.16 bits per heavy atom. The largest absolute Gasteiger partial charge is 0.357 e. The van der Waals surface area contributed by atoms with Crippen LogP contribution < -0.4 is 10.6 Å². The van der Waals surface area contributed by atoms with Crippen LogP contribution in [0, 0.1) is 0 Å². The standard InChI is InChI=1S/C19H22ClN5/c1-3-21-19(22-12-14-7-6-8-15(20)11-14)23-13-18-24-16-9-4-5-10-17(16)25(18)2/h4-11H,3,12-13H2,1-2H3,(H2,21,22,23). The van der Waals surface area contributed by atoms with Crippen LogP contribution >= 0.6 is 11.6 Å². The summed E-state index contributed by atoms with van der Waals surface area (Å²) in [6.45, 7) is 4.01.